The zero-order valence-electron chi connectivity index (χ0n) is 7.88. The van der Waals surface area contributed by atoms with Crippen molar-refractivity contribution < 1.29 is 0 Å². The van der Waals surface area contributed by atoms with Gasteiger partial charge in [0.2, 0.25) is 0 Å². The van der Waals surface area contributed by atoms with Crippen molar-refractivity contribution in [2.45, 2.75) is 24.8 Å². The fraction of sp³-hybridized carbons (Fsp3) is 0.400. The Morgan fingerprint density at radius 1 is 1.54 bits per heavy atom. The van der Waals surface area contributed by atoms with Crippen LogP contribution in [0.1, 0.15) is 25.5 Å². The largest absolute Gasteiger partial charge is 0.324 e. The molecule has 1 atom stereocenters. The van der Waals surface area contributed by atoms with Crippen LogP contribution < -0.4 is 5.73 Å². The Bertz CT molecular complexity index is 286. The first-order chi connectivity index (χ1) is 6.15. The second-order valence-corrected chi connectivity index (χ2v) is 4.65. The van der Waals surface area contributed by atoms with Gasteiger partial charge >= 0.3 is 0 Å². The molecule has 2 N–H and O–H groups in total. The van der Waals surface area contributed by atoms with Gasteiger partial charge in [-0.15, -0.1) is 11.8 Å². The van der Waals surface area contributed by atoms with E-state index in [9.17, 15) is 0 Å². The lowest BCUT2D eigenvalue weighted by Gasteiger charge is -2.09. The number of halogens is 1. The average Bonchev–Trinajstić information content (AvgIpc) is 2.04. The van der Waals surface area contributed by atoms with Crippen LogP contribution in [0.4, 0.5) is 0 Å². The molecule has 1 nitrogen and oxygen atoms in total. The summed E-state index contributed by atoms with van der Waals surface area (Å²) in [6.45, 7) is 4.06. The van der Waals surface area contributed by atoms with Crippen LogP contribution in [0, 0.1) is 0 Å². The van der Waals surface area contributed by atoms with Gasteiger partial charge in [-0.1, -0.05) is 24.6 Å². The SMILES string of the molecule is CCSc1ccc([C@H](C)N)c(Cl)c1. The van der Waals surface area contributed by atoms with Gasteiger partial charge < -0.3 is 5.73 Å². The average molecular weight is 216 g/mol. The van der Waals surface area contributed by atoms with Crippen LogP contribution in [0.25, 0.3) is 0 Å². The number of thioether (sulfide) groups is 1. The molecule has 13 heavy (non-hydrogen) atoms. The Morgan fingerprint density at radius 2 is 2.23 bits per heavy atom. The van der Waals surface area contributed by atoms with E-state index in [4.69, 9.17) is 17.3 Å². The molecule has 0 heterocycles. The van der Waals surface area contributed by atoms with Crippen LogP contribution in [0.5, 0.6) is 0 Å². The quantitative estimate of drug-likeness (QED) is 0.782. The molecule has 0 spiro atoms. The van der Waals surface area contributed by atoms with E-state index in [0.717, 1.165) is 16.3 Å². The maximum atomic E-state index is 6.07. The molecule has 0 bridgehead atoms. The third kappa shape index (κ3) is 2.90. The Labute approximate surface area is 88.7 Å². The van der Waals surface area contributed by atoms with Gasteiger partial charge in [-0.3, -0.25) is 0 Å². The van der Waals surface area contributed by atoms with E-state index < -0.39 is 0 Å². The van der Waals surface area contributed by atoms with E-state index in [1.807, 2.05) is 19.1 Å². The third-order valence-corrected chi connectivity index (χ3v) is 2.98. The van der Waals surface area contributed by atoms with E-state index in [0.29, 0.717) is 0 Å². The van der Waals surface area contributed by atoms with Gasteiger partial charge in [0.15, 0.2) is 0 Å². The van der Waals surface area contributed by atoms with Gasteiger partial charge in [0.05, 0.1) is 0 Å². The Kier molecular flexibility index (Phi) is 4.10. The molecule has 1 rings (SSSR count). The second-order valence-electron chi connectivity index (χ2n) is 2.91. The molecule has 3 heteroatoms. The summed E-state index contributed by atoms with van der Waals surface area (Å²) in [6.07, 6.45) is 0. The van der Waals surface area contributed by atoms with Crippen molar-refractivity contribution >= 4 is 23.4 Å². The van der Waals surface area contributed by atoms with Crippen molar-refractivity contribution in [3.8, 4) is 0 Å². The molecule has 1 aromatic rings. The van der Waals surface area contributed by atoms with Gasteiger partial charge in [-0.05, 0) is 30.4 Å². The van der Waals surface area contributed by atoms with Crippen molar-refractivity contribution in [3.05, 3.63) is 28.8 Å². The highest BCUT2D eigenvalue weighted by molar-refractivity contribution is 7.99. The number of hydrogen-bond acceptors (Lipinski definition) is 2. The lowest BCUT2D eigenvalue weighted by atomic mass is 10.1. The van der Waals surface area contributed by atoms with Crippen molar-refractivity contribution in [2.75, 3.05) is 5.75 Å². The molecule has 0 radical (unpaired) electrons. The van der Waals surface area contributed by atoms with Crippen LogP contribution in [0.2, 0.25) is 5.02 Å². The second kappa shape index (κ2) is 4.89. The van der Waals surface area contributed by atoms with Crippen LogP contribution in [0.15, 0.2) is 23.1 Å². The zero-order chi connectivity index (χ0) is 9.84. The smallest absolute Gasteiger partial charge is 0.0464 e. The predicted molar refractivity (Wildman–Crippen MR) is 60.5 cm³/mol. The van der Waals surface area contributed by atoms with Crippen molar-refractivity contribution in [1.82, 2.24) is 0 Å². The first kappa shape index (κ1) is 10.9. The van der Waals surface area contributed by atoms with Crippen LogP contribution in [-0.2, 0) is 0 Å². The molecular weight excluding hydrogens is 202 g/mol. The molecule has 0 fully saturated rings. The maximum Gasteiger partial charge on any atom is 0.0464 e. The minimum absolute atomic E-state index is 0.00757. The Balaban J connectivity index is 2.92. The van der Waals surface area contributed by atoms with Gasteiger partial charge in [-0.25, -0.2) is 0 Å². The predicted octanol–water partition coefficient (Wildman–Crippen LogP) is 3.47. The highest BCUT2D eigenvalue weighted by Gasteiger charge is 2.05. The zero-order valence-corrected chi connectivity index (χ0v) is 9.45. The summed E-state index contributed by atoms with van der Waals surface area (Å²) in [4.78, 5) is 1.21. The number of nitrogens with two attached hydrogens (primary N) is 1. The molecule has 0 saturated heterocycles. The topological polar surface area (TPSA) is 26.0 Å². The van der Waals surface area contributed by atoms with Crippen LogP contribution in [0.3, 0.4) is 0 Å². The van der Waals surface area contributed by atoms with E-state index in [1.54, 1.807) is 11.8 Å². The van der Waals surface area contributed by atoms with Gasteiger partial charge in [-0.2, -0.15) is 0 Å². The summed E-state index contributed by atoms with van der Waals surface area (Å²) < 4.78 is 0. The number of rotatable bonds is 3. The molecule has 0 amide bonds. The lowest BCUT2D eigenvalue weighted by Crippen LogP contribution is -2.05. The summed E-state index contributed by atoms with van der Waals surface area (Å²) in [6, 6.07) is 6.06. The summed E-state index contributed by atoms with van der Waals surface area (Å²) in [5, 5.41) is 0.772. The monoisotopic (exact) mass is 215 g/mol. The van der Waals surface area contributed by atoms with E-state index in [-0.39, 0.29) is 6.04 Å². The summed E-state index contributed by atoms with van der Waals surface area (Å²) in [5.74, 6) is 1.06. The fourth-order valence-corrected chi connectivity index (χ4v) is 2.25. The molecule has 0 saturated carbocycles. The van der Waals surface area contributed by atoms with Crippen molar-refractivity contribution in [3.63, 3.8) is 0 Å². The lowest BCUT2D eigenvalue weighted by molar-refractivity contribution is 0.817. The molecule has 0 unspecified atom stereocenters. The molecule has 0 aliphatic heterocycles. The van der Waals surface area contributed by atoms with E-state index >= 15 is 0 Å². The summed E-state index contributed by atoms with van der Waals surface area (Å²) in [7, 11) is 0. The normalized spacial score (nSPS) is 12.9. The van der Waals surface area contributed by atoms with E-state index in [1.165, 1.54) is 4.90 Å². The molecule has 0 aromatic heterocycles. The van der Waals surface area contributed by atoms with E-state index in [2.05, 4.69) is 13.0 Å². The summed E-state index contributed by atoms with van der Waals surface area (Å²) in [5.41, 5.74) is 6.76. The van der Waals surface area contributed by atoms with Crippen LogP contribution >= 0.6 is 23.4 Å². The highest BCUT2D eigenvalue weighted by Crippen LogP contribution is 2.27. The minimum atomic E-state index is 0.00757. The van der Waals surface area contributed by atoms with Crippen molar-refractivity contribution in [2.24, 2.45) is 5.73 Å². The molecule has 1 aromatic carbocycles. The van der Waals surface area contributed by atoms with Gasteiger partial charge in [0.1, 0.15) is 0 Å². The van der Waals surface area contributed by atoms with Crippen LogP contribution in [-0.4, -0.2) is 5.75 Å². The molecule has 0 aliphatic carbocycles. The number of hydrogen-bond donors (Lipinski definition) is 1. The molecular formula is C10H14ClNS. The highest BCUT2D eigenvalue weighted by atomic mass is 35.5. The molecule has 72 valence electrons. The Morgan fingerprint density at radius 3 is 2.69 bits per heavy atom. The summed E-state index contributed by atoms with van der Waals surface area (Å²) >= 11 is 7.85. The maximum absolute atomic E-state index is 6.07. The Hall–Kier alpha value is -0.180. The van der Waals surface area contributed by atoms with Gasteiger partial charge in [0, 0.05) is 16.0 Å². The van der Waals surface area contributed by atoms with Gasteiger partial charge in [0.25, 0.3) is 0 Å². The number of benzene rings is 1. The van der Waals surface area contributed by atoms with Crippen molar-refractivity contribution in [1.29, 1.82) is 0 Å². The first-order valence-corrected chi connectivity index (χ1v) is 5.69. The molecule has 0 aliphatic rings. The standard InChI is InChI=1S/C10H14ClNS/c1-3-13-8-4-5-9(7(2)12)10(11)6-8/h4-7H,3,12H2,1-2H3/t7-/m0/s1. The third-order valence-electron chi connectivity index (χ3n) is 1.77. The minimum Gasteiger partial charge on any atom is -0.324 e. The first-order valence-electron chi connectivity index (χ1n) is 4.33. The fourth-order valence-electron chi connectivity index (χ4n) is 1.13.